The highest BCUT2D eigenvalue weighted by atomic mass is 16.7. The number of likely N-dealkylation sites (tertiary alicyclic amines) is 1. The largest absolute Gasteiger partial charge is 0.454 e. The van der Waals surface area contributed by atoms with Gasteiger partial charge in [0.15, 0.2) is 11.5 Å². The lowest BCUT2D eigenvalue weighted by Gasteiger charge is -2.35. The smallest absolute Gasteiger partial charge is 0.232 e. The minimum Gasteiger partial charge on any atom is -0.454 e. The summed E-state index contributed by atoms with van der Waals surface area (Å²) < 4.78 is 10.6. The van der Waals surface area contributed by atoms with Gasteiger partial charge in [0, 0.05) is 19.1 Å². The first-order valence-electron chi connectivity index (χ1n) is 8.62. The molecule has 1 aromatic rings. The van der Waals surface area contributed by atoms with E-state index in [2.05, 4.69) is 12.2 Å². The number of amides is 2. The predicted molar refractivity (Wildman–Crippen MR) is 88.7 cm³/mol. The molecule has 1 aromatic carbocycles. The Kier molecular flexibility index (Phi) is 5.23. The van der Waals surface area contributed by atoms with Crippen molar-refractivity contribution in [1.29, 1.82) is 0 Å². The molecule has 24 heavy (non-hydrogen) atoms. The number of benzene rings is 1. The van der Waals surface area contributed by atoms with Gasteiger partial charge in [-0.05, 0) is 43.4 Å². The summed E-state index contributed by atoms with van der Waals surface area (Å²) in [4.78, 5) is 26.3. The van der Waals surface area contributed by atoms with Gasteiger partial charge in [0.1, 0.15) is 6.42 Å². The van der Waals surface area contributed by atoms with E-state index in [1.807, 2.05) is 23.1 Å². The summed E-state index contributed by atoms with van der Waals surface area (Å²) in [5, 5.41) is 2.81. The fourth-order valence-corrected chi connectivity index (χ4v) is 3.31. The van der Waals surface area contributed by atoms with Crippen molar-refractivity contribution in [2.24, 2.45) is 0 Å². The number of hydrogen-bond acceptors (Lipinski definition) is 4. The van der Waals surface area contributed by atoms with E-state index in [0.717, 1.165) is 37.1 Å². The maximum absolute atomic E-state index is 12.4. The highest BCUT2D eigenvalue weighted by Gasteiger charge is 2.26. The van der Waals surface area contributed by atoms with Crippen LogP contribution in [0.5, 0.6) is 11.5 Å². The molecule has 1 fully saturated rings. The lowest BCUT2D eigenvalue weighted by atomic mass is 9.99. The second-order valence-electron chi connectivity index (χ2n) is 6.29. The Bertz CT molecular complexity index is 617. The van der Waals surface area contributed by atoms with Crippen LogP contribution in [0, 0.1) is 0 Å². The molecule has 0 saturated carbocycles. The van der Waals surface area contributed by atoms with Crippen molar-refractivity contribution < 1.29 is 19.1 Å². The fraction of sp³-hybridized carbons (Fsp3) is 0.556. The molecule has 0 radical (unpaired) electrons. The molecule has 0 aromatic heterocycles. The molecule has 2 aliphatic rings. The van der Waals surface area contributed by atoms with E-state index in [-0.39, 0.29) is 31.1 Å². The summed E-state index contributed by atoms with van der Waals surface area (Å²) >= 11 is 0. The van der Waals surface area contributed by atoms with Gasteiger partial charge < -0.3 is 19.7 Å². The zero-order valence-corrected chi connectivity index (χ0v) is 14.0. The number of piperidine rings is 1. The van der Waals surface area contributed by atoms with Crippen LogP contribution in [0.25, 0.3) is 0 Å². The summed E-state index contributed by atoms with van der Waals surface area (Å²) in [6.07, 6.45) is 4.10. The van der Waals surface area contributed by atoms with Gasteiger partial charge in [0.2, 0.25) is 18.6 Å². The van der Waals surface area contributed by atoms with Crippen LogP contribution in [0.2, 0.25) is 0 Å². The lowest BCUT2D eigenvalue weighted by Crippen LogP contribution is -2.45. The van der Waals surface area contributed by atoms with Crippen molar-refractivity contribution in [1.82, 2.24) is 10.2 Å². The van der Waals surface area contributed by atoms with E-state index in [0.29, 0.717) is 12.3 Å². The number of nitrogens with one attached hydrogen (secondary N) is 1. The minimum absolute atomic E-state index is 0.0651. The molecule has 130 valence electrons. The Morgan fingerprint density at radius 2 is 2.08 bits per heavy atom. The first kappa shape index (κ1) is 16.6. The standard InChI is InChI=1S/C18H24N2O4/c1-2-14-5-3-4-8-20(14)18(22)10-17(21)19-11-13-6-7-15-16(9-13)24-12-23-15/h6-7,9,14H,2-5,8,10-12H2,1H3,(H,19,21). The average molecular weight is 332 g/mol. The number of nitrogens with zero attached hydrogens (tertiary/aromatic N) is 1. The quantitative estimate of drug-likeness (QED) is 0.840. The van der Waals surface area contributed by atoms with Crippen molar-refractivity contribution in [2.45, 2.75) is 51.6 Å². The maximum Gasteiger partial charge on any atom is 0.232 e. The molecule has 0 bridgehead atoms. The number of carbonyl (C=O) groups is 2. The lowest BCUT2D eigenvalue weighted by molar-refractivity contribution is -0.139. The third kappa shape index (κ3) is 3.80. The molecular weight excluding hydrogens is 308 g/mol. The van der Waals surface area contributed by atoms with Crippen LogP contribution >= 0.6 is 0 Å². The van der Waals surface area contributed by atoms with Crippen molar-refractivity contribution >= 4 is 11.8 Å². The first-order chi connectivity index (χ1) is 11.7. The van der Waals surface area contributed by atoms with Crippen LogP contribution in [0.3, 0.4) is 0 Å². The van der Waals surface area contributed by atoms with Crippen molar-refractivity contribution in [3.05, 3.63) is 23.8 Å². The van der Waals surface area contributed by atoms with Crippen molar-refractivity contribution in [3.63, 3.8) is 0 Å². The number of ether oxygens (including phenoxy) is 2. The Balaban J connectivity index is 1.49. The molecule has 0 spiro atoms. The van der Waals surface area contributed by atoms with E-state index in [1.165, 1.54) is 6.42 Å². The van der Waals surface area contributed by atoms with Gasteiger partial charge in [-0.2, -0.15) is 0 Å². The molecule has 2 amide bonds. The Morgan fingerprint density at radius 1 is 1.25 bits per heavy atom. The zero-order chi connectivity index (χ0) is 16.9. The fourth-order valence-electron chi connectivity index (χ4n) is 3.31. The summed E-state index contributed by atoms with van der Waals surface area (Å²) in [6.45, 7) is 3.47. The highest BCUT2D eigenvalue weighted by Crippen LogP contribution is 2.32. The topological polar surface area (TPSA) is 67.9 Å². The minimum atomic E-state index is -0.238. The number of hydrogen-bond donors (Lipinski definition) is 1. The molecular formula is C18H24N2O4. The summed E-state index contributed by atoms with van der Waals surface area (Å²) in [6, 6.07) is 5.84. The summed E-state index contributed by atoms with van der Waals surface area (Å²) in [7, 11) is 0. The third-order valence-corrected chi connectivity index (χ3v) is 4.66. The molecule has 6 nitrogen and oxygen atoms in total. The van der Waals surface area contributed by atoms with Crippen LogP contribution in [0.4, 0.5) is 0 Å². The van der Waals surface area contributed by atoms with E-state index < -0.39 is 0 Å². The van der Waals surface area contributed by atoms with Crippen LogP contribution < -0.4 is 14.8 Å². The molecule has 1 unspecified atom stereocenters. The second kappa shape index (κ2) is 7.55. The monoisotopic (exact) mass is 332 g/mol. The Labute approximate surface area is 142 Å². The molecule has 3 rings (SSSR count). The number of rotatable bonds is 5. The summed E-state index contributed by atoms with van der Waals surface area (Å²) in [5.41, 5.74) is 0.921. The van der Waals surface area contributed by atoms with Gasteiger partial charge in [-0.3, -0.25) is 9.59 Å². The van der Waals surface area contributed by atoms with Gasteiger partial charge in [-0.25, -0.2) is 0 Å². The molecule has 1 N–H and O–H groups in total. The van der Waals surface area contributed by atoms with E-state index in [1.54, 1.807) is 0 Å². The van der Waals surface area contributed by atoms with Crippen molar-refractivity contribution in [3.8, 4) is 11.5 Å². The maximum atomic E-state index is 12.4. The van der Waals surface area contributed by atoms with E-state index in [4.69, 9.17) is 9.47 Å². The molecule has 2 heterocycles. The van der Waals surface area contributed by atoms with Crippen LogP contribution in [0.1, 0.15) is 44.6 Å². The van der Waals surface area contributed by atoms with Gasteiger partial charge in [0.05, 0.1) is 0 Å². The molecule has 1 saturated heterocycles. The van der Waals surface area contributed by atoms with Gasteiger partial charge in [-0.15, -0.1) is 0 Å². The van der Waals surface area contributed by atoms with Gasteiger partial charge in [0.25, 0.3) is 0 Å². The normalized spacial score (nSPS) is 19.2. The SMILES string of the molecule is CCC1CCCCN1C(=O)CC(=O)NCc1ccc2c(c1)OCO2. The zero-order valence-electron chi connectivity index (χ0n) is 14.0. The van der Waals surface area contributed by atoms with Crippen LogP contribution in [-0.4, -0.2) is 36.1 Å². The third-order valence-electron chi connectivity index (χ3n) is 4.66. The van der Waals surface area contributed by atoms with Crippen LogP contribution in [-0.2, 0) is 16.1 Å². The second-order valence-corrected chi connectivity index (χ2v) is 6.29. The Morgan fingerprint density at radius 3 is 2.92 bits per heavy atom. The Hall–Kier alpha value is -2.24. The van der Waals surface area contributed by atoms with Crippen LogP contribution in [0.15, 0.2) is 18.2 Å². The predicted octanol–water partition coefficient (Wildman–Crippen LogP) is 2.21. The number of carbonyl (C=O) groups excluding carboxylic acids is 2. The molecule has 2 aliphatic heterocycles. The van der Waals surface area contributed by atoms with Gasteiger partial charge >= 0.3 is 0 Å². The molecule has 6 heteroatoms. The molecule has 1 atom stereocenters. The highest BCUT2D eigenvalue weighted by molar-refractivity contribution is 5.97. The number of fused-ring (bicyclic) bond motifs is 1. The van der Waals surface area contributed by atoms with Gasteiger partial charge in [-0.1, -0.05) is 13.0 Å². The average Bonchev–Trinajstić information content (AvgIpc) is 3.07. The van der Waals surface area contributed by atoms with E-state index >= 15 is 0 Å². The van der Waals surface area contributed by atoms with E-state index in [9.17, 15) is 9.59 Å². The molecule has 0 aliphatic carbocycles. The van der Waals surface area contributed by atoms with Crippen molar-refractivity contribution in [2.75, 3.05) is 13.3 Å². The first-order valence-corrected chi connectivity index (χ1v) is 8.62. The summed E-state index contributed by atoms with van der Waals surface area (Å²) in [5.74, 6) is 1.11.